The number of aliphatic hydroxyl groups excluding tert-OH is 1. The number of ketones is 2. The van der Waals surface area contributed by atoms with Gasteiger partial charge in [0.05, 0.1) is 19.8 Å². The highest BCUT2D eigenvalue weighted by atomic mass is 16.5. The fourth-order valence-electron chi connectivity index (χ4n) is 2.14. The smallest absolute Gasteiger partial charge is 0.234 e. The third kappa shape index (κ3) is 1.87. The van der Waals surface area contributed by atoms with Crippen LogP contribution >= 0.6 is 0 Å². The van der Waals surface area contributed by atoms with Crippen LogP contribution in [0.1, 0.15) is 29.3 Å². The third-order valence-corrected chi connectivity index (χ3v) is 3.13. The van der Waals surface area contributed by atoms with Gasteiger partial charge in [-0.3, -0.25) is 9.59 Å². The van der Waals surface area contributed by atoms with Crippen LogP contribution in [-0.2, 0) is 4.79 Å². The van der Waals surface area contributed by atoms with E-state index >= 15 is 0 Å². The van der Waals surface area contributed by atoms with E-state index in [4.69, 9.17) is 9.47 Å². The maximum absolute atomic E-state index is 12.1. The SMILES string of the molecule is CCC1=C(O)c2c(OC)cc(OC)cc2C(=O)C1=O. The van der Waals surface area contributed by atoms with Crippen LogP contribution in [0, 0.1) is 0 Å². The zero-order chi connectivity index (χ0) is 14.2. The average Bonchev–Trinajstić information content (AvgIpc) is 2.44. The highest BCUT2D eigenvalue weighted by Crippen LogP contribution is 2.38. The topological polar surface area (TPSA) is 72.8 Å². The van der Waals surface area contributed by atoms with E-state index in [1.807, 2.05) is 0 Å². The Morgan fingerprint density at radius 3 is 2.32 bits per heavy atom. The number of ether oxygens (including phenoxy) is 2. The summed E-state index contributed by atoms with van der Waals surface area (Å²) < 4.78 is 10.2. The number of aliphatic hydroxyl groups is 1. The summed E-state index contributed by atoms with van der Waals surface area (Å²) in [6.07, 6.45) is 0.283. The fraction of sp³-hybridized carbons (Fsp3) is 0.286. The minimum absolute atomic E-state index is 0.107. The Balaban J connectivity index is 2.80. The molecule has 2 rings (SSSR count). The predicted octanol–water partition coefficient (Wildman–Crippen LogP) is 2.15. The maximum Gasteiger partial charge on any atom is 0.234 e. The first-order valence-electron chi connectivity index (χ1n) is 5.82. The van der Waals surface area contributed by atoms with Gasteiger partial charge in [0.25, 0.3) is 0 Å². The summed E-state index contributed by atoms with van der Waals surface area (Å²) in [5.41, 5.74) is 0.474. The van der Waals surface area contributed by atoms with Crippen LogP contribution in [0.15, 0.2) is 17.7 Å². The van der Waals surface area contributed by atoms with E-state index in [-0.39, 0.29) is 28.9 Å². The summed E-state index contributed by atoms with van der Waals surface area (Å²) in [6.45, 7) is 1.71. The standard InChI is InChI=1S/C14H14O5/c1-4-8-12(15)11-9(14(17)13(8)16)5-7(18-2)6-10(11)19-3/h5-6,15H,4H2,1-3H3. The van der Waals surface area contributed by atoms with Gasteiger partial charge in [-0.05, 0) is 12.5 Å². The van der Waals surface area contributed by atoms with Crippen molar-refractivity contribution in [3.8, 4) is 11.5 Å². The monoisotopic (exact) mass is 262 g/mol. The van der Waals surface area contributed by atoms with Gasteiger partial charge in [0.2, 0.25) is 11.6 Å². The Labute approximate surface area is 110 Å². The molecular formula is C14H14O5. The summed E-state index contributed by atoms with van der Waals surface area (Å²) in [5, 5.41) is 10.2. The number of allylic oxidation sites excluding steroid dienone is 1. The van der Waals surface area contributed by atoms with Crippen LogP contribution in [-0.4, -0.2) is 30.9 Å². The molecule has 19 heavy (non-hydrogen) atoms. The van der Waals surface area contributed by atoms with Crippen molar-refractivity contribution in [2.45, 2.75) is 13.3 Å². The molecule has 1 aromatic rings. The molecule has 5 heteroatoms. The molecule has 0 heterocycles. The first kappa shape index (κ1) is 13.1. The summed E-state index contributed by atoms with van der Waals surface area (Å²) in [4.78, 5) is 23.9. The molecule has 1 aliphatic rings. The predicted molar refractivity (Wildman–Crippen MR) is 68.7 cm³/mol. The lowest BCUT2D eigenvalue weighted by Gasteiger charge is -2.20. The van der Waals surface area contributed by atoms with Crippen molar-refractivity contribution < 1.29 is 24.2 Å². The molecule has 0 amide bonds. The normalized spacial score (nSPS) is 14.5. The zero-order valence-electron chi connectivity index (χ0n) is 10.9. The van der Waals surface area contributed by atoms with E-state index in [1.165, 1.54) is 20.3 Å². The van der Waals surface area contributed by atoms with Gasteiger partial charge >= 0.3 is 0 Å². The lowest BCUT2D eigenvalue weighted by atomic mass is 9.86. The zero-order valence-corrected chi connectivity index (χ0v) is 10.9. The van der Waals surface area contributed by atoms with Gasteiger partial charge in [-0.15, -0.1) is 0 Å². The van der Waals surface area contributed by atoms with Crippen LogP contribution in [0.4, 0.5) is 0 Å². The third-order valence-electron chi connectivity index (χ3n) is 3.13. The number of carbonyl (C=O) groups is 2. The van der Waals surface area contributed by atoms with Crippen LogP contribution in [0.3, 0.4) is 0 Å². The number of Topliss-reactive ketones (excluding diaryl/α,β-unsaturated/α-hetero) is 2. The summed E-state index contributed by atoms with van der Waals surface area (Å²) in [7, 11) is 2.87. The highest BCUT2D eigenvalue weighted by molar-refractivity contribution is 6.52. The number of hydrogen-bond donors (Lipinski definition) is 1. The minimum atomic E-state index is -0.678. The van der Waals surface area contributed by atoms with E-state index in [1.54, 1.807) is 13.0 Å². The molecule has 1 aromatic carbocycles. The van der Waals surface area contributed by atoms with Crippen molar-refractivity contribution in [3.63, 3.8) is 0 Å². The largest absolute Gasteiger partial charge is 0.507 e. The summed E-state index contributed by atoms with van der Waals surface area (Å²) in [5.74, 6) is -0.825. The van der Waals surface area contributed by atoms with E-state index in [2.05, 4.69) is 0 Å². The number of hydrogen-bond acceptors (Lipinski definition) is 5. The van der Waals surface area contributed by atoms with Crippen molar-refractivity contribution >= 4 is 17.3 Å². The first-order valence-corrected chi connectivity index (χ1v) is 5.82. The lowest BCUT2D eigenvalue weighted by Crippen LogP contribution is -2.24. The molecule has 1 aliphatic carbocycles. The van der Waals surface area contributed by atoms with Crippen LogP contribution < -0.4 is 9.47 Å². The highest BCUT2D eigenvalue weighted by Gasteiger charge is 2.34. The van der Waals surface area contributed by atoms with Gasteiger partial charge in [0, 0.05) is 17.2 Å². The van der Waals surface area contributed by atoms with Gasteiger partial charge in [-0.2, -0.15) is 0 Å². The van der Waals surface area contributed by atoms with E-state index < -0.39 is 11.6 Å². The summed E-state index contributed by atoms with van der Waals surface area (Å²) in [6, 6.07) is 2.99. The van der Waals surface area contributed by atoms with Gasteiger partial charge in [-0.25, -0.2) is 0 Å². The number of rotatable bonds is 3. The van der Waals surface area contributed by atoms with E-state index in [0.717, 1.165) is 0 Å². The van der Waals surface area contributed by atoms with Crippen molar-refractivity contribution in [2.24, 2.45) is 0 Å². The minimum Gasteiger partial charge on any atom is -0.507 e. The number of benzene rings is 1. The van der Waals surface area contributed by atoms with Crippen LogP contribution in [0.5, 0.6) is 11.5 Å². The first-order chi connectivity index (χ1) is 9.04. The molecule has 0 aliphatic heterocycles. The second-order valence-corrected chi connectivity index (χ2v) is 4.09. The van der Waals surface area contributed by atoms with Gasteiger partial charge in [0.1, 0.15) is 17.3 Å². The number of methoxy groups -OCH3 is 2. The Morgan fingerprint density at radius 2 is 1.79 bits per heavy atom. The molecule has 5 nitrogen and oxygen atoms in total. The quantitative estimate of drug-likeness (QED) is 0.845. The molecule has 0 fully saturated rings. The Bertz CT molecular complexity index is 598. The molecule has 0 saturated carbocycles. The second kappa shape index (κ2) is 4.76. The van der Waals surface area contributed by atoms with Crippen molar-refractivity contribution in [1.82, 2.24) is 0 Å². The van der Waals surface area contributed by atoms with E-state index in [0.29, 0.717) is 11.5 Å². The molecule has 0 bridgehead atoms. The second-order valence-electron chi connectivity index (χ2n) is 4.09. The molecule has 0 spiro atoms. The Morgan fingerprint density at radius 1 is 1.11 bits per heavy atom. The Kier molecular flexibility index (Phi) is 3.29. The molecule has 0 aromatic heterocycles. The molecule has 0 saturated heterocycles. The summed E-state index contributed by atoms with van der Waals surface area (Å²) >= 11 is 0. The number of fused-ring (bicyclic) bond motifs is 1. The van der Waals surface area contributed by atoms with Crippen LogP contribution in [0.25, 0.3) is 5.76 Å². The maximum atomic E-state index is 12.1. The molecular weight excluding hydrogens is 248 g/mol. The molecule has 1 N–H and O–H groups in total. The van der Waals surface area contributed by atoms with Crippen molar-refractivity contribution in [1.29, 1.82) is 0 Å². The Hall–Kier alpha value is -2.30. The average molecular weight is 262 g/mol. The number of carbonyl (C=O) groups excluding carboxylic acids is 2. The molecule has 0 radical (unpaired) electrons. The molecule has 100 valence electrons. The molecule has 0 atom stereocenters. The van der Waals surface area contributed by atoms with Crippen molar-refractivity contribution in [2.75, 3.05) is 14.2 Å². The van der Waals surface area contributed by atoms with Gasteiger partial charge in [0.15, 0.2) is 0 Å². The van der Waals surface area contributed by atoms with E-state index in [9.17, 15) is 14.7 Å². The van der Waals surface area contributed by atoms with Crippen LogP contribution in [0.2, 0.25) is 0 Å². The molecule has 0 unspecified atom stereocenters. The lowest BCUT2D eigenvalue weighted by molar-refractivity contribution is -0.112. The van der Waals surface area contributed by atoms with Crippen molar-refractivity contribution in [3.05, 3.63) is 28.8 Å². The van der Waals surface area contributed by atoms with Gasteiger partial charge in [-0.1, -0.05) is 6.92 Å². The fourth-order valence-corrected chi connectivity index (χ4v) is 2.14. The van der Waals surface area contributed by atoms with Gasteiger partial charge < -0.3 is 14.6 Å².